The number of likely N-dealkylation sites (N-methyl/N-ethyl adjacent to an activating group) is 1. The fraction of sp³-hybridized carbons (Fsp3) is 0.324. The summed E-state index contributed by atoms with van der Waals surface area (Å²) in [5.74, 6) is 3.12. The molecule has 2 heterocycles. The Hall–Kier alpha value is -4.83. The molecule has 1 aliphatic rings. The van der Waals surface area contributed by atoms with E-state index in [4.69, 9.17) is 23.9 Å². The number of hydrogen-bond acceptors (Lipinski definition) is 9. The number of carbonyl (C=O) groups is 1. The maximum absolute atomic E-state index is 13.9. The Balaban J connectivity index is 1.49. The van der Waals surface area contributed by atoms with Crippen LogP contribution >= 0.6 is 0 Å². The second-order valence-corrected chi connectivity index (χ2v) is 10.8. The number of aryl methyl sites for hydroxylation is 2. The zero-order chi connectivity index (χ0) is 31.2. The minimum Gasteiger partial charge on any atom is -0.497 e. The first-order chi connectivity index (χ1) is 21.3. The van der Waals surface area contributed by atoms with Crippen LogP contribution in [0.2, 0.25) is 0 Å². The van der Waals surface area contributed by atoms with Crippen molar-refractivity contribution in [3.8, 4) is 23.0 Å². The minimum atomic E-state index is -0.635. The Labute approximate surface area is 258 Å². The van der Waals surface area contributed by atoms with E-state index in [1.807, 2.05) is 32.0 Å². The van der Waals surface area contributed by atoms with Crippen molar-refractivity contribution in [1.82, 2.24) is 14.9 Å². The molecule has 1 fully saturated rings. The normalized spacial score (nSPS) is 13.4. The quantitative estimate of drug-likeness (QED) is 0.238. The third-order valence-electron chi connectivity index (χ3n) is 7.82. The van der Waals surface area contributed by atoms with Crippen molar-refractivity contribution in [2.75, 3.05) is 64.4 Å². The van der Waals surface area contributed by atoms with Gasteiger partial charge in [-0.2, -0.15) is 0 Å². The summed E-state index contributed by atoms with van der Waals surface area (Å²) in [4.78, 5) is 29.4. The fourth-order valence-electron chi connectivity index (χ4n) is 5.29. The summed E-state index contributed by atoms with van der Waals surface area (Å²) in [5.41, 5.74) is 4.20. The lowest BCUT2D eigenvalue weighted by Gasteiger charge is -2.34. The maximum Gasteiger partial charge on any atom is 0.425 e. The molecule has 3 aromatic carbocycles. The van der Waals surface area contributed by atoms with Crippen LogP contribution in [0.25, 0.3) is 0 Å². The number of piperazine rings is 1. The number of methoxy groups -OCH3 is 3. The van der Waals surface area contributed by atoms with Crippen LogP contribution in [0.3, 0.4) is 0 Å². The summed E-state index contributed by atoms with van der Waals surface area (Å²) < 4.78 is 22.8. The van der Waals surface area contributed by atoms with Gasteiger partial charge in [-0.15, -0.1) is 0 Å². The van der Waals surface area contributed by atoms with Gasteiger partial charge in [-0.25, -0.2) is 19.7 Å². The predicted molar refractivity (Wildman–Crippen MR) is 171 cm³/mol. The van der Waals surface area contributed by atoms with Crippen LogP contribution in [0.15, 0.2) is 66.9 Å². The highest BCUT2D eigenvalue weighted by molar-refractivity contribution is 5.98. The Kier molecular flexibility index (Phi) is 9.50. The third-order valence-corrected chi connectivity index (χ3v) is 7.82. The van der Waals surface area contributed by atoms with Crippen LogP contribution in [0, 0.1) is 13.8 Å². The summed E-state index contributed by atoms with van der Waals surface area (Å²) in [6.07, 6.45) is 1.40. The zero-order valence-corrected chi connectivity index (χ0v) is 26.2. The molecule has 44 heavy (non-hydrogen) atoms. The van der Waals surface area contributed by atoms with E-state index in [2.05, 4.69) is 40.0 Å². The Morgan fingerprint density at radius 3 is 2.27 bits per heavy atom. The van der Waals surface area contributed by atoms with Crippen molar-refractivity contribution >= 4 is 23.3 Å². The molecular formula is C34H39N5O5. The first kappa shape index (κ1) is 30.6. The monoisotopic (exact) mass is 597 g/mol. The molecule has 10 nitrogen and oxygen atoms in total. The highest BCUT2D eigenvalue weighted by Gasteiger charge is 2.27. The molecule has 0 radical (unpaired) electrons. The first-order valence-electron chi connectivity index (χ1n) is 14.5. The smallest absolute Gasteiger partial charge is 0.425 e. The Morgan fingerprint density at radius 1 is 0.864 bits per heavy atom. The van der Waals surface area contributed by atoms with Crippen molar-refractivity contribution in [3.63, 3.8) is 0 Å². The van der Waals surface area contributed by atoms with Crippen molar-refractivity contribution < 1.29 is 23.7 Å². The van der Waals surface area contributed by atoms with Gasteiger partial charge in [0.2, 0.25) is 0 Å². The number of carbonyl (C=O) groups excluding carboxylic acids is 1. The molecule has 4 aromatic rings. The van der Waals surface area contributed by atoms with Gasteiger partial charge >= 0.3 is 6.09 Å². The number of para-hydroxylation sites is 1. The molecule has 1 aliphatic heterocycles. The van der Waals surface area contributed by atoms with E-state index >= 15 is 0 Å². The summed E-state index contributed by atoms with van der Waals surface area (Å²) >= 11 is 0. The van der Waals surface area contributed by atoms with Crippen LogP contribution in [-0.4, -0.2) is 75.5 Å². The van der Waals surface area contributed by atoms with Gasteiger partial charge < -0.3 is 28.7 Å². The van der Waals surface area contributed by atoms with Gasteiger partial charge in [-0.1, -0.05) is 24.3 Å². The van der Waals surface area contributed by atoms with Gasteiger partial charge in [0.05, 0.1) is 27.0 Å². The van der Waals surface area contributed by atoms with Gasteiger partial charge in [0.25, 0.3) is 0 Å². The van der Waals surface area contributed by atoms with Crippen LogP contribution in [0.5, 0.6) is 23.0 Å². The van der Waals surface area contributed by atoms with E-state index in [-0.39, 0.29) is 0 Å². The summed E-state index contributed by atoms with van der Waals surface area (Å²) in [5, 5.41) is 0. The molecule has 0 N–H and O–H groups in total. The number of amides is 1. The second-order valence-electron chi connectivity index (χ2n) is 10.8. The lowest BCUT2D eigenvalue weighted by atomic mass is 10.1. The van der Waals surface area contributed by atoms with Crippen LogP contribution in [0.4, 0.5) is 22.0 Å². The number of ether oxygens (including phenoxy) is 4. The Bertz CT molecular complexity index is 1600. The highest BCUT2D eigenvalue weighted by atomic mass is 16.6. The lowest BCUT2D eigenvalue weighted by molar-refractivity contribution is 0.209. The fourth-order valence-corrected chi connectivity index (χ4v) is 5.29. The predicted octanol–water partition coefficient (Wildman–Crippen LogP) is 5.80. The second kappa shape index (κ2) is 13.6. The van der Waals surface area contributed by atoms with Gasteiger partial charge in [-0.3, -0.25) is 0 Å². The average molecular weight is 598 g/mol. The van der Waals surface area contributed by atoms with Crippen molar-refractivity contribution in [3.05, 3.63) is 89.4 Å². The van der Waals surface area contributed by atoms with E-state index < -0.39 is 6.09 Å². The molecule has 0 aliphatic carbocycles. The topological polar surface area (TPSA) is 89.5 Å². The van der Waals surface area contributed by atoms with E-state index in [9.17, 15) is 4.79 Å². The zero-order valence-electron chi connectivity index (χ0n) is 26.2. The van der Waals surface area contributed by atoms with E-state index in [1.165, 1.54) is 12.0 Å². The average Bonchev–Trinajstić information content (AvgIpc) is 3.04. The molecule has 1 saturated heterocycles. The van der Waals surface area contributed by atoms with E-state index in [1.54, 1.807) is 44.7 Å². The molecule has 230 valence electrons. The summed E-state index contributed by atoms with van der Waals surface area (Å²) in [7, 11) is 6.93. The Morgan fingerprint density at radius 2 is 1.59 bits per heavy atom. The molecule has 10 heteroatoms. The van der Waals surface area contributed by atoms with Crippen molar-refractivity contribution in [1.29, 1.82) is 0 Å². The van der Waals surface area contributed by atoms with Gasteiger partial charge in [0.15, 0.2) is 0 Å². The van der Waals surface area contributed by atoms with Gasteiger partial charge in [0.1, 0.15) is 34.6 Å². The van der Waals surface area contributed by atoms with Gasteiger partial charge in [0, 0.05) is 62.2 Å². The molecule has 0 unspecified atom stereocenters. The molecule has 0 bridgehead atoms. The molecule has 0 spiro atoms. The molecule has 0 saturated carbocycles. The number of benzene rings is 3. The highest BCUT2D eigenvalue weighted by Crippen LogP contribution is 2.37. The van der Waals surface area contributed by atoms with Crippen molar-refractivity contribution in [2.24, 2.45) is 0 Å². The standard InChI is InChI=1S/C34H39N5O5/c1-23-8-7-9-24(2)33(23)44-34(40)39(28-13-12-27(41-4)22-30(28)43-6)32-14-15-35-31(36-32)20-25-10-11-26(21-29(25)42-5)38-18-16-37(3)17-19-38/h7-15,21-22H,16-20H2,1-6H3. The summed E-state index contributed by atoms with van der Waals surface area (Å²) in [6.45, 7) is 7.77. The third kappa shape index (κ3) is 6.70. The molecule has 5 rings (SSSR count). The van der Waals surface area contributed by atoms with E-state index in [0.29, 0.717) is 41.0 Å². The van der Waals surface area contributed by atoms with Crippen molar-refractivity contribution in [2.45, 2.75) is 20.3 Å². The number of rotatable bonds is 9. The molecule has 1 amide bonds. The van der Waals surface area contributed by atoms with Crippen LogP contribution < -0.4 is 28.7 Å². The first-order valence-corrected chi connectivity index (χ1v) is 14.5. The maximum atomic E-state index is 13.9. The number of hydrogen-bond donors (Lipinski definition) is 0. The molecule has 0 atom stereocenters. The van der Waals surface area contributed by atoms with Crippen LogP contribution in [0.1, 0.15) is 22.5 Å². The number of nitrogens with zero attached hydrogens (tertiary/aromatic N) is 5. The lowest BCUT2D eigenvalue weighted by Crippen LogP contribution is -2.44. The number of aromatic nitrogens is 2. The molecule has 1 aromatic heterocycles. The molecular weight excluding hydrogens is 558 g/mol. The van der Waals surface area contributed by atoms with E-state index in [0.717, 1.165) is 54.3 Å². The SMILES string of the molecule is COc1ccc(N(C(=O)Oc2c(C)cccc2C)c2ccnc(Cc3ccc(N4CCN(C)CC4)cc3OC)n2)c(OC)c1. The van der Waals surface area contributed by atoms with Crippen LogP contribution in [-0.2, 0) is 6.42 Å². The summed E-state index contributed by atoms with van der Waals surface area (Å²) in [6, 6.07) is 18.9. The minimum absolute atomic E-state index is 0.336. The number of anilines is 3. The largest absolute Gasteiger partial charge is 0.497 e. The van der Waals surface area contributed by atoms with Gasteiger partial charge in [-0.05, 0) is 56.3 Å².